The van der Waals surface area contributed by atoms with Gasteiger partial charge in [0.15, 0.2) is 0 Å². The van der Waals surface area contributed by atoms with Crippen molar-refractivity contribution in [2.24, 2.45) is 0 Å². The van der Waals surface area contributed by atoms with E-state index in [0.29, 0.717) is 21.4 Å². The summed E-state index contributed by atoms with van der Waals surface area (Å²) in [5.41, 5.74) is -0.165. The first-order chi connectivity index (χ1) is 10.0. The SMILES string of the molecule is O=[N+]([O-])c1ccc(Cl)cc1Oc1cc(Br)nc(C2CC2)n1. The molecule has 0 atom stereocenters. The highest BCUT2D eigenvalue weighted by Crippen LogP contribution is 2.40. The van der Waals surface area contributed by atoms with Crippen molar-refractivity contribution in [1.29, 1.82) is 0 Å². The Labute approximate surface area is 133 Å². The van der Waals surface area contributed by atoms with Crippen molar-refractivity contribution in [3.8, 4) is 11.6 Å². The molecule has 0 N–H and O–H groups in total. The fourth-order valence-electron chi connectivity index (χ4n) is 1.82. The van der Waals surface area contributed by atoms with E-state index in [1.54, 1.807) is 6.07 Å². The second-order valence-corrected chi connectivity index (χ2v) is 5.88. The molecule has 108 valence electrons. The van der Waals surface area contributed by atoms with Gasteiger partial charge in [0.25, 0.3) is 0 Å². The van der Waals surface area contributed by atoms with Crippen LogP contribution in [0.4, 0.5) is 5.69 Å². The van der Waals surface area contributed by atoms with Gasteiger partial charge in [-0.2, -0.15) is 4.98 Å². The number of hydrogen-bond donors (Lipinski definition) is 0. The Kier molecular flexibility index (Phi) is 3.77. The molecule has 2 aromatic rings. The minimum Gasteiger partial charge on any atom is -0.432 e. The Morgan fingerprint density at radius 1 is 1.33 bits per heavy atom. The molecule has 0 aliphatic heterocycles. The number of nitro benzene ring substituents is 1. The van der Waals surface area contributed by atoms with Crippen LogP contribution in [0.2, 0.25) is 5.02 Å². The summed E-state index contributed by atoms with van der Waals surface area (Å²) in [7, 11) is 0. The fraction of sp³-hybridized carbons (Fsp3) is 0.231. The van der Waals surface area contributed by atoms with Gasteiger partial charge >= 0.3 is 5.69 Å². The number of nitrogens with zero attached hydrogens (tertiary/aromatic N) is 3. The average molecular weight is 371 g/mol. The van der Waals surface area contributed by atoms with E-state index in [0.717, 1.165) is 12.8 Å². The average Bonchev–Trinajstić information content (AvgIpc) is 3.21. The van der Waals surface area contributed by atoms with E-state index in [2.05, 4.69) is 25.9 Å². The number of rotatable bonds is 4. The van der Waals surface area contributed by atoms with Gasteiger partial charge in [-0.15, -0.1) is 0 Å². The molecule has 8 heteroatoms. The molecule has 1 aliphatic carbocycles. The monoisotopic (exact) mass is 369 g/mol. The lowest BCUT2D eigenvalue weighted by molar-refractivity contribution is -0.385. The smallest absolute Gasteiger partial charge is 0.311 e. The molecule has 3 rings (SSSR count). The predicted octanol–water partition coefficient (Wildman–Crippen LogP) is 4.47. The lowest BCUT2D eigenvalue weighted by atomic mass is 10.3. The van der Waals surface area contributed by atoms with Crippen LogP contribution in [0.3, 0.4) is 0 Å². The van der Waals surface area contributed by atoms with E-state index in [1.807, 2.05) is 0 Å². The third-order valence-corrected chi connectivity index (χ3v) is 3.61. The van der Waals surface area contributed by atoms with E-state index in [-0.39, 0.29) is 17.3 Å². The van der Waals surface area contributed by atoms with E-state index in [4.69, 9.17) is 16.3 Å². The molecule has 1 heterocycles. The number of nitro groups is 1. The second kappa shape index (κ2) is 5.57. The van der Waals surface area contributed by atoms with Crippen LogP contribution in [0.5, 0.6) is 11.6 Å². The van der Waals surface area contributed by atoms with Gasteiger partial charge in [-0.25, -0.2) is 4.98 Å². The number of ether oxygens (including phenoxy) is 1. The standard InChI is InChI=1S/C13H9BrClN3O3/c14-11-6-12(17-13(16-11)7-1-2-7)21-10-5-8(15)3-4-9(10)18(19)20/h3-7H,1-2H2. The number of halogens is 2. The van der Waals surface area contributed by atoms with Crippen LogP contribution in [-0.2, 0) is 0 Å². The van der Waals surface area contributed by atoms with Gasteiger partial charge in [-0.1, -0.05) is 11.6 Å². The van der Waals surface area contributed by atoms with Crippen LogP contribution in [0.15, 0.2) is 28.9 Å². The van der Waals surface area contributed by atoms with E-state index < -0.39 is 4.92 Å². The van der Waals surface area contributed by atoms with Crippen LogP contribution >= 0.6 is 27.5 Å². The summed E-state index contributed by atoms with van der Waals surface area (Å²) in [5, 5.41) is 11.4. The lowest BCUT2D eigenvalue weighted by Gasteiger charge is -2.07. The Hall–Kier alpha value is -1.73. The molecule has 1 aromatic carbocycles. The molecule has 0 bridgehead atoms. The Morgan fingerprint density at radius 3 is 2.76 bits per heavy atom. The third-order valence-electron chi connectivity index (χ3n) is 2.96. The van der Waals surface area contributed by atoms with Crippen molar-refractivity contribution in [3.05, 3.63) is 49.8 Å². The molecule has 1 saturated carbocycles. The summed E-state index contributed by atoms with van der Waals surface area (Å²) in [6.07, 6.45) is 2.10. The summed E-state index contributed by atoms with van der Waals surface area (Å²) < 4.78 is 6.13. The first-order valence-electron chi connectivity index (χ1n) is 6.19. The predicted molar refractivity (Wildman–Crippen MR) is 79.9 cm³/mol. The van der Waals surface area contributed by atoms with Crippen LogP contribution < -0.4 is 4.74 Å². The summed E-state index contributed by atoms with van der Waals surface area (Å²) in [5.74, 6) is 1.34. The minimum atomic E-state index is -0.524. The first kappa shape index (κ1) is 14.2. The van der Waals surface area contributed by atoms with Gasteiger partial charge in [0, 0.05) is 29.1 Å². The highest BCUT2D eigenvalue weighted by atomic mass is 79.9. The van der Waals surface area contributed by atoms with Crippen molar-refractivity contribution >= 4 is 33.2 Å². The largest absolute Gasteiger partial charge is 0.432 e. The van der Waals surface area contributed by atoms with Gasteiger partial charge in [0.2, 0.25) is 11.6 Å². The molecule has 1 aliphatic rings. The second-order valence-electron chi connectivity index (χ2n) is 4.63. The highest BCUT2D eigenvalue weighted by Gasteiger charge is 2.28. The van der Waals surface area contributed by atoms with Crippen LogP contribution in [0.1, 0.15) is 24.6 Å². The number of hydrogen-bond acceptors (Lipinski definition) is 5. The number of aromatic nitrogens is 2. The summed E-state index contributed by atoms with van der Waals surface area (Å²) in [6, 6.07) is 5.71. The molecule has 1 fully saturated rings. The topological polar surface area (TPSA) is 78.2 Å². The van der Waals surface area contributed by atoms with Crippen molar-refractivity contribution < 1.29 is 9.66 Å². The van der Waals surface area contributed by atoms with E-state index in [1.165, 1.54) is 18.2 Å². The van der Waals surface area contributed by atoms with Crippen LogP contribution in [0.25, 0.3) is 0 Å². The Balaban J connectivity index is 1.96. The zero-order chi connectivity index (χ0) is 15.0. The summed E-state index contributed by atoms with van der Waals surface area (Å²) >= 11 is 9.16. The molecule has 0 saturated heterocycles. The summed E-state index contributed by atoms with van der Waals surface area (Å²) in [4.78, 5) is 19.1. The normalized spacial score (nSPS) is 14.0. The maximum Gasteiger partial charge on any atom is 0.311 e. The third kappa shape index (κ3) is 3.30. The molecule has 21 heavy (non-hydrogen) atoms. The molecule has 0 amide bonds. The summed E-state index contributed by atoms with van der Waals surface area (Å²) in [6.45, 7) is 0. The van der Waals surface area contributed by atoms with Crippen molar-refractivity contribution in [3.63, 3.8) is 0 Å². The maximum atomic E-state index is 11.0. The molecule has 0 unspecified atom stereocenters. The Bertz CT molecular complexity index is 722. The van der Waals surface area contributed by atoms with Crippen LogP contribution in [-0.4, -0.2) is 14.9 Å². The highest BCUT2D eigenvalue weighted by molar-refractivity contribution is 9.10. The van der Waals surface area contributed by atoms with E-state index >= 15 is 0 Å². The lowest BCUT2D eigenvalue weighted by Crippen LogP contribution is -1.98. The van der Waals surface area contributed by atoms with Crippen molar-refractivity contribution in [2.45, 2.75) is 18.8 Å². The Morgan fingerprint density at radius 2 is 2.10 bits per heavy atom. The maximum absolute atomic E-state index is 11.0. The number of benzene rings is 1. The molecule has 0 radical (unpaired) electrons. The van der Waals surface area contributed by atoms with E-state index in [9.17, 15) is 10.1 Å². The van der Waals surface area contributed by atoms with Gasteiger partial charge in [-0.3, -0.25) is 10.1 Å². The fourth-order valence-corrected chi connectivity index (χ4v) is 2.36. The molecule has 1 aromatic heterocycles. The van der Waals surface area contributed by atoms with Gasteiger partial charge in [0.1, 0.15) is 10.4 Å². The molecule has 6 nitrogen and oxygen atoms in total. The van der Waals surface area contributed by atoms with Gasteiger partial charge in [0.05, 0.1) is 4.92 Å². The minimum absolute atomic E-state index is 0.0554. The quantitative estimate of drug-likeness (QED) is 0.451. The first-order valence-corrected chi connectivity index (χ1v) is 7.36. The zero-order valence-electron chi connectivity index (χ0n) is 10.6. The zero-order valence-corrected chi connectivity index (χ0v) is 13.0. The van der Waals surface area contributed by atoms with Crippen LogP contribution in [0, 0.1) is 10.1 Å². The van der Waals surface area contributed by atoms with Gasteiger partial charge < -0.3 is 4.74 Å². The molecular formula is C13H9BrClN3O3. The van der Waals surface area contributed by atoms with Crippen molar-refractivity contribution in [1.82, 2.24) is 9.97 Å². The molecule has 0 spiro atoms. The van der Waals surface area contributed by atoms with Crippen molar-refractivity contribution in [2.75, 3.05) is 0 Å². The molecular weight excluding hydrogens is 362 g/mol. The van der Waals surface area contributed by atoms with Gasteiger partial charge in [-0.05, 0) is 34.8 Å².